The van der Waals surface area contributed by atoms with Crippen LogP contribution in [0.15, 0.2) is 36.7 Å². The van der Waals surface area contributed by atoms with Crippen LogP contribution >= 0.6 is 11.3 Å². The first kappa shape index (κ1) is 11.4. The van der Waals surface area contributed by atoms with Gasteiger partial charge in [0.2, 0.25) is 0 Å². The molecule has 3 aromatic rings. The highest BCUT2D eigenvalue weighted by Crippen LogP contribution is 2.17. The number of benzene rings is 1. The highest BCUT2D eigenvalue weighted by atomic mass is 32.1. The van der Waals surface area contributed by atoms with Crippen LogP contribution in [0.2, 0.25) is 0 Å². The number of H-pyrrole nitrogens is 1. The average molecular weight is 257 g/mol. The summed E-state index contributed by atoms with van der Waals surface area (Å²) >= 11 is 1.75. The Morgan fingerprint density at radius 1 is 1.28 bits per heavy atom. The number of aromatic amines is 1. The summed E-state index contributed by atoms with van der Waals surface area (Å²) in [7, 11) is 0. The molecule has 92 valence electrons. The number of nitrogens with zero attached hydrogens (tertiary/aromatic N) is 1. The van der Waals surface area contributed by atoms with E-state index in [0.717, 1.165) is 18.1 Å². The van der Waals surface area contributed by atoms with Crippen molar-refractivity contribution >= 4 is 22.2 Å². The minimum absolute atomic E-state index is 0.870. The molecule has 3 nitrogen and oxygen atoms in total. The van der Waals surface area contributed by atoms with E-state index in [1.165, 1.54) is 21.3 Å². The van der Waals surface area contributed by atoms with Crippen LogP contribution in [0.3, 0.4) is 0 Å². The first-order valence-electron chi connectivity index (χ1n) is 6.00. The number of nitrogens with one attached hydrogen (secondary N) is 2. The molecule has 0 bridgehead atoms. The van der Waals surface area contributed by atoms with Gasteiger partial charge >= 0.3 is 0 Å². The molecule has 4 heteroatoms. The SMILES string of the molecule is Cc1ncc(CNCc2cccc3cc[nH]c23)s1. The molecule has 3 rings (SSSR count). The van der Waals surface area contributed by atoms with Gasteiger partial charge in [-0.15, -0.1) is 11.3 Å². The Morgan fingerprint density at radius 3 is 3.06 bits per heavy atom. The predicted octanol–water partition coefficient (Wildman–Crippen LogP) is 3.22. The molecule has 18 heavy (non-hydrogen) atoms. The number of para-hydroxylation sites is 1. The number of hydrogen-bond donors (Lipinski definition) is 2. The quantitative estimate of drug-likeness (QED) is 0.753. The lowest BCUT2D eigenvalue weighted by atomic mass is 10.1. The molecular weight excluding hydrogens is 242 g/mol. The largest absolute Gasteiger partial charge is 0.361 e. The third kappa shape index (κ3) is 2.30. The molecule has 2 heterocycles. The third-order valence-corrected chi connectivity index (χ3v) is 3.87. The van der Waals surface area contributed by atoms with E-state index in [-0.39, 0.29) is 0 Å². The molecule has 0 saturated carbocycles. The number of fused-ring (bicyclic) bond motifs is 1. The van der Waals surface area contributed by atoms with Gasteiger partial charge in [-0.05, 0) is 23.9 Å². The van der Waals surface area contributed by atoms with Crippen LogP contribution in [0, 0.1) is 6.92 Å². The second-order valence-corrected chi connectivity index (χ2v) is 5.63. The van der Waals surface area contributed by atoms with E-state index in [1.54, 1.807) is 11.3 Å². The number of hydrogen-bond acceptors (Lipinski definition) is 3. The zero-order valence-electron chi connectivity index (χ0n) is 10.2. The Balaban J connectivity index is 1.68. The van der Waals surface area contributed by atoms with Gasteiger partial charge in [0, 0.05) is 35.9 Å². The predicted molar refractivity (Wildman–Crippen MR) is 75.7 cm³/mol. The Kier molecular flexibility index (Phi) is 3.13. The molecule has 0 spiro atoms. The van der Waals surface area contributed by atoms with Gasteiger partial charge < -0.3 is 10.3 Å². The van der Waals surface area contributed by atoms with Crippen LogP contribution < -0.4 is 5.32 Å². The maximum Gasteiger partial charge on any atom is 0.0897 e. The summed E-state index contributed by atoms with van der Waals surface area (Å²) in [5.74, 6) is 0. The van der Waals surface area contributed by atoms with Crippen LogP contribution in [0.1, 0.15) is 15.4 Å². The fourth-order valence-corrected chi connectivity index (χ4v) is 2.87. The summed E-state index contributed by atoms with van der Waals surface area (Å²) in [6.07, 6.45) is 3.93. The smallest absolute Gasteiger partial charge is 0.0897 e. The second-order valence-electron chi connectivity index (χ2n) is 4.31. The van der Waals surface area contributed by atoms with Gasteiger partial charge in [0.1, 0.15) is 0 Å². The first-order chi connectivity index (χ1) is 8.83. The number of aryl methyl sites for hydroxylation is 1. The first-order valence-corrected chi connectivity index (χ1v) is 6.81. The van der Waals surface area contributed by atoms with Crippen molar-refractivity contribution < 1.29 is 0 Å². The van der Waals surface area contributed by atoms with E-state index in [9.17, 15) is 0 Å². The molecule has 2 N–H and O–H groups in total. The van der Waals surface area contributed by atoms with Crippen molar-refractivity contribution in [2.75, 3.05) is 0 Å². The maximum atomic E-state index is 4.26. The molecule has 0 unspecified atom stereocenters. The zero-order chi connectivity index (χ0) is 12.4. The molecule has 0 radical (unpaired) electrons. The zero-order valence-corrected chi connectivity index (χ0v) is 11.1. The molecule has 0 aliphatic carbocycles. The molecule has 0 aliphatic rings. The molecule has 0 fully saturated rings. The Labute approximate surface area is 110 Å². The molecule has 1 aromatic carbocycles. The summed E-state index contributed by atoms with van der Waals surface area (Å²) in [5, 5.41) is 5.85. The van der Waals surface area contributed by atoms with Gasteiger partial charge in [0.05, 0.1) is 5.01 Å². The van der Waals surface area contributed by atoms with Crippen LogP contribution in [0.5, 0.6) is 0 Å². The van der Waals surface area contributed by atoms with E-state index >= 15 is 0 Å². The van der Waals surface area contributed by atoms with Crippen molar-refractivity contribution in [2.45, 2.75) is 20.0 Å². The van der Waals surface area contributed by atoms with Crippen LogP contribution in [0.25, 0.3) is 10.9 Å². The monoisotopic (exact) mass is 257 g/mol. The van der Waals surface area contributed by atoms with Gasteiger partial charge in [0.15, 0.2) is 0 Å². The van der Waals surface area contributed by atoms with Crippen molar-refractivity contribution in [1.29, 1.82) is 0 Å². The van der Waals surface area contributed by atoms with E-state index in [4.69, 9.17) is 0 Å². The van der Waals surface area contributed by atoms with Crippen LogP contribution in [0.4, 0.5) is 0 Å². The Bertz CT molecular complexity index is 654. The Hall–Kier alpha value is -1.65. The van der Waals surface area contributed by atoms with Gasteiger partial charge in [-0.1, -0.05) is 18.2 Å². The minimum Gasteiger partial charge on any atom is -0.361 e. The van der Waals surface area contributed by atoms with Crippen LogP contribution in [-0.2, 0) is 13.1 Å². The lowest BCUT2D eigenvalue weighted by Crippen LogP contribution is -2.12. The summed E-state index contributed by atoms with van der Waals surface area (Å²) in [6.45, 7) is 3.78. The van der Waals surface area contributed by atoms with Gasteiger partial charge in [-0.3, -0.25) is 0 Å². The van der Waals surface area contributed by atoms with Crippen molar-refractivity contribution in [3.05, 3.63) is 52.1 Å². The van der Waals surface area contributed by atoms with Crippen molar-refractivity contribution in [2.24, 2.45) is 0 Å². The lowest BCUT2D eigenvalue weighted by Gasteiger charge is -2.04. The highest BCUT2D eigenvalue weighted by molar-refractivity contribution is 7.11. The summed E-state index contributed by atoms with van der Waals surface area (Å²) in [5.41, 5.74) is 2.53. The summed E-state index contributed by atoms with van der Waals surface area (Å²) in [4.78, 5) is 8.83. The molecule has 0 aliphatic heterocycles. The van der Waals surface area contributed by atoms with E-state index in [0.29, 0.717) is 0 Å². The fourth-order valence-electron chi connectivity index (χ4n) is 2.10. The number of thiazole rings is 1. The summed E-state index contributed by atoms with van der Waals surface area (Å²) in [6, 6.07) is 8.49. The van der Waals surface area contributed by atoms with E-state index in [2.05, 4.69) is 39.6 Å². The van der Waals surface area contributed by atoms with Gasteiger partial charge in [-0.2, -0.15) is 0 Å². The molecule has 0 amide bonds. The lowest BCUT2D eigenvalue weighted by molar-refractivity contribution is 0.702. The fraction of sp³-hybridized carbons (Fsp3) is 0.214. The molecule has 0 saturated heterocycles. The highest BCUT2D eigenvalue weighted by Gasteiger charge is 2.02. The molecule has 0 atom stereocenters. The van der Waals surface area contributed by atoms with E-state index in [1.807, 2.05) is 19.3 Å². The second kappa shape index (κ2) is 4.92. The Morgan fingerprint density at radius 2 is 2.22 bits per heavy atom. The van der Waals surface area contributed by atoms with Crippen molar-refractivity contribution in [1.82, 2.24) is 15.3 Å². The normalized spacial score (nSPS) is 11.2. The minimum atomic E-state index is 0.870. The van der Waals surface area contributed by atoms with Crippen LogP contribution in [-0.4, -0.2) is 9.97 Å². The molecular formula is C14H15N3S. The topological polar surface area (TPSA) is 40.7 Å². The van der Waals surface area contributed by atoms with Gasteiger partial charge in [-0.25, -0.2) is 4.98 Å². The standard InChI is InChI=1S/C14H15N3S/c1-10-17-9-13(18-10)8-15-7-12-4-2-3-11-5-6-16-14(11)12/h2-6,9,15-16H,7-8H2,1H3. The maximum absolute atomic E-state index is 4.26. The molecule has 2 aromatic heterocycles. The van der Waals surface area contributed by atoms with Crippen molar-refractivity contribution in [3.63, 3.8) is 0 Å². The average Bonchev–Trinajstić information content (AvgIpc) is 2.98. The number of aromatic nitrogens is 2. The third-order valence-electron chi connectivity index (χ3n) is 2.96. The van der Waals surface area contributed by atoms with Gasteiger partial charge in [0.25, 0.3) is 0 Å². The summed E-state index contributed by atoms with van der Waals surface area (Å²) < 4.78 is 0. The van der Waals surface area contributed by atoms with Crippen molar-refractivity contribution in [3.8, 4) is 0 Å². The number of rotatable bonds is 4. The van der Waals surface area contributed by atoms with E-state index < -0.39 is 0 Å².